The monoisotopic (exact) mass is 329 g/mol. The summed E-state index contributed by atoms with van der Waals surface area (Å²) in [5, 5.41) is 3.59. The number of nitrogens with one attached hydrogen (secondary N) is 1. The van der Waals surface area contributed by atoms with Crippen LogP contribution >= 0.6 is 0 Å². The molecule has 0 unspecified atom stereocenters. The van der Waals surface area contributed by atoms with Crippen molar-refractivity contribution in [2.24, 2.45) is 17.3 Å². The average molecular weight is 330 g/mol. The molecule has 1 aliphatic heterocycles. The molecular formula is C17H31NO3S. The predicted molar refractivity (Wildman–Crippen MR) is 90.7 cm³/mol. The number of sulfone groups is 1. The summed E-state index contributed by atoms with van der Waals surface area (Å²) in [6, 6.07) is 0. The van der Waals surface area contributed by atoms with Gasteiger partial charge in [-0.15, -0.1) is 0 Å². The molecule has 0 amide bonds. The molecule has 5 heteroatoms. The molecule has 0 aromatic carbocycles. The van der Waals surface area contributed by atoms with Crippen LogP contribution in [0.2, 0.25) is 0 Å². The maximum absolute atomic E-state index is 11.8. The lowest BCUT2D eigenvalue weighted by molar-refractivity contribution is 0.0252. The van der Waals surface area contributed by atoms with Crippen LogP contribution in [-0.2, 0) is 14.6 Å². The van der Waals surface area contributed by atoms with Crippen LogP contribution in [0.15, 0.2) is 11.6 Å². The highest BCUT2D eigenvalue weighted by Gasteiger charge is 2.36. The molecule has 4 nitrogen and oxygen atoms in total. The minimum atomic E-state index is -2.97. The summed E-state index contributed by atoms with van der Waals surface area (Å²) in [5.74, 6) is 1.56. The van der Waals surface area contributed by atoms with Gasteiger partial charge in [-0.3, -0.25) is 0 Å². The van der Waals surface area contributed by atoms with Crippen molar-refractivity contribution in [3.05, 3.63) is 11.6 Å². The summed E-state index contributed by atoms with van der Waals surface area (Å²) in [6.07, 6.45) is 7.82. The van der Waals surface area contributed by atoms with Gasteiger partial charge >= 0.3 is 0 Å². The number of allylic oxidation sites excluding steroid dienone is 1. The van der Waals surface area contributed by atoms with Gasteiger partial charge in [0.25, 0.3) is 0 Å². The summed E-state index contributed by atoms with van der Waals surface area (Å²) in [4.78, 5) is 0. The van der Waals surface area contributed by atoms with Gasteiger partial charge in [0.2, 0.25) is 0 Å². The molecule has 0 aromatic rings. The quantitative estimate of drug-likeness (QED) is 0.760. The highest BCUT2D eigenvalue weighted by molar-refractivity contribution is 7.90. The van der Waals surface area contributed by atoms with Crippen LogP contribution in [-0.4, -0.2) is 46.7 Å². The highest BCUT2D eigenvalue weighted by Crippen LogP contribution is 2.33. The van der Waals surface area contributed by atoms with Crippen LogP contribution in [0.3, 0.4) is 0 Å². The molecule has 1 saturated heterocycles. The Morgan fingerprint density at radius 2 is 2.05 bits per heavy atom. The Hall–Kier alpha value is -0.390. The molecule has 0 spiro atoms. The number of ether oxygens (including phenoxy) is 1. The molecule has 1 fully saturated rings. The maximum Gasteiger partial charge on any atom is 0.148 e. The zero-order valence-electron chi connectivity index (χ0n) is 14.2. The van der Waals surface area contributed by atoms with Crippen molar-refractivity contribution < 1.29 is 13.2 Å². The van der Waals surface area contributed by atoms with E-state index in [1.54, 1.807) is 0 Å². The lowest BCUT2D eigenvalue weighted by Gasteiger charge is -2.38. The van der Waals surface area contributed by atoms with E-state index in [9.17, 15) is 8.42 Å². The van der Waals surface area contributed by atoms with E-state index in [0.29, 0.717) is 25.0 Å². The fourth-order valence-corrected chi connectivity index (χ4v) is 5.47. The lowest BCUT2D eigenvalue weighted by atomic mass is 9.79. The molecule has 1 N–H and O–H groups in total. The van der Waals surface area contributed by atoms with Gasteiger partial charge < -0.3 is 10.1 Å². The molecule has 128 valence electrons. The third-order valence-electron chi connectivity index (χ3n) is 5.35. The number of hydrogen-bond donors (Lipinski definition) is 1. The topological polar surface area (TPSA) is 55.4 Å². The molecule has 0 aromatic heterocycles. The Bertz CT molecular complexity index is 492. The van der Waals surface area contributed by atoms with Crippen molar-refractivity contribution in [3.8, 4) is 0 Å². The van der Waals surface area contributed by atoms with Crippen LogP contribution in [0.4, 0.5) is 0 Å². The van der Waals surface area contributed by atoms with E-state index in [1.807, 2.05) is 0 Å². The van der Waals surface area contributed by atoms with Crippen molar-refractivity contribution in [1.82, 2.24) is 5.32 Å². The molecule has 0 saturated carbocycles. The first-order valence-corrected chi connectivity index (χ1v) is 10.5. The number of rotatable bonds is 6. The smallest absolute Gasteiger partial charge is 0.148 e. The van der Waals surface area contributed by atoms with E-state index >= 15 is 0 Å². The summed E-state index contributed by atoms with van der Waals surface area (Å²) < 4.78 is 29.0. The summed E-state index contributed by atoms with van der Waals surface area (Å²) >= 11 is 0. The minimum absolute atomic E-state index is 0.151. The minimum Gasteiger partial charge on any atom is -0.381 e. The summed E-state index contributed by atoms with van der Waals surface area (Å²) in [5.41, 5.74) is 1.33. The Labute approximate surface area is 135 Å². The molecule has 1 heterocycles. The van der Waals surface area contributed by atoms with E-state index < -0.39 is 9.84 Å². The fourth-order valence-electron chi connectivity index (χ4n) is 3.96. The Balaban J connectivity index is 1.94. The first-order chi connectivity index (χ1) is 10.3. The number of hydrogen-bond acceptors (Lipinski definition) is 4. The van der Waals surface area contributed by atoms with Crippen LogP contribution in [0, 0.1) is 17.3 Å². The molecule has 0 bridgehead atoms. The summed E-state index contributed by atoms with van der Waals surface area (Å²) in [7, 11) is -2.97. The Kier molecular flexibility index (Phi) is 6.08. The predicted octanol–water partition coefficient (Wildman–Crippen LogP) is 2.41. The van der Waals surface area contributed by atoms with Gasteiger partial charge in [0.05, 0.1) is 5.75 Å². The first kappa shape index (κ1) is 18.0. The standard InChI is InChI=1S/C17H31NO3S/c1-14-5-4-6-15(2)16(14)11-18-12-17(13-22(3,19)20)7-9-21-10-8-17/h5,15-16,18H,4,6-13H2,1-3H3/t15-,16+/m1/s1. The van der Waals surface area contributed by atoms with Gasteiger partial charge in [-0.2, -0.15) is 0 Å². The normalized spacial score (nSPS) is 29.1. The van der Waals surface area contributed by atoms with Gasteiger partial charge in [0, 0.05) is 38.0 Å². The van der Waals surface area contributed by atoms with Gasteiger partial charge in [0.15, 0.2) is 0 Å². The van der Waals surface area contributed by atoms with E-state index in [-0.39, 0.29) is 11.2 Å². The molecule has 0 radical (unpaired) electrons. The molecular weight excluding hydrogens is 298 g/mol. The van der Waals surface area contributed by atoms with Crippen molar-refractivity contribution in [2.75, 3.05) is 38.3 Å². The first-order valence-electron chi connectivity index (χ1n) is 8.44. The van der Waals surface area contributed by atoms with Crippen molar-refractivity contribution in [3.63, 3.8) is 0 Å². The van der Waals surface area contributed by atoms with Crippen LogP contribution in [0.5, 0.6) is 0 Å². The average Bonchev–Trinajstić information content (AvgIpc) is 2.41. The largest absolute Gasteiger partial charge is 0.381 e. The fraction of sp³-hybridized carbons (Fsp3) is 0.882. The highest BCUT2D eigenvalue weighted by atomic mass is 32.2. The van der Waals surface area contributed by atoms with Crippen molar-refractivity contribution in [2.45, 2.75) is 39.5 Å². The summed E-state index contributed by atoms with van der Waals surface area (Å²) in [6.45, 7) is 7.63. The van der Waals surface area contributed by atoms with E-state index in [1.165, 1.54) is 24.7 Å². The zero-order chi connectivity index (χ0) is 16.2. The maximum atomic E-state index is 11.8. The van der Waals surface area contributed by atoms with Gasteiger partial charge in [-0.05, 0) is 44.4 Å². The van der Waals surface area contributed by atoms with Crippen LogP contribution in [0.1, 0.15) is 39.5 Å². The molecule has 2 aliphatic rings. The van der Waals surface area contributed by atoms with Gasteiger partial charge in [0.1, 0.15) is 9.84 Å². The third kappa shape index (κ3) is 5.07. The molecule has 22 heavy (non-hydrogen) atoms. The van der Waals surface area contributed by atoms with Crippen LogP contribution < -0.4 is 5.32 Å². The van der Waals surface area contributed by atoms with E-state index in [0.717, 1.165) is 25.9 Å². The Morgan fingerprint density at radius 1 is 1.36 bits per heavy atom. The Morgan fingerprint density at radius 3 is 2.64 bits per heavy atom. The van der Waals surface area contributed by atoms with Gasteiger partial charge in [-0.25, -0.2) is 8.42 Å². The molecule has 2 rings (SSSR count). The molecule has 2 atom stereocenters. The SMILES string of the molecule is CC1=CCC[C@@H](C)[C@H]1CNCC1(CS(C)(=O)=O)CCOCC1. The third-order valence-corrected chi connectivity index (χ3v) is 6.48. The van der Waals surface area contributed by atoms with E-state index in [2.05, 4.69) is 25.2 Å². The van der Waals surface area contributed by atoms with E-state index in [4.69, 9.17) is 4.74 Å². The second kappa shape index (κ2) is 7.45. The zero-order valence-corrected chi connectivity index (χ0v) is 15.0. The lowest BCUT2D eigenvalue weighted by Crippen LogP contribution is -2.45. The van der Waals surface area contributed by atoms with Crippen molar-refractivity contribution >= 4 is 9.84 Å². The van der Waals surface area contributed by atoms with Gasteiger partial charge in [-0.1, -0.05) is 18.6 Å². The second-order valence-electron chi connectivity index (χ2n) is 7.42. The second-order valence-corrected chi connectivity index (χ2v) is 9.56. The molecule has 1 aliphatic carbocycles. The van der Waals surface area contributed by atoms with Crippen molar-refractivity contribution in [1.29, 1.82) is 0 Å². The van der Waals surface area contributed by atoms with Crippen LogP contribution in [0.25, 0.3) is 0 Å².